The molecule has 0 radical (unpaired) electrons. The Labute approximate surface area is 132 Å². The largest absolute Gasteiger partial charge is 0.507 e. The lowest BCUT2D eigenvalue weighted by atomic mass is 9.81. The van der Waals surface area contributed by atoms with Crippen molar-refractivity contribution in [1.82, 2.24) is 0 Å². The van der Waals surface area contributed by atoms with Crippen molar-refractivity contribution in [2.45, 2.75) is 20.8 Å². The number of hydrogen-bond acceptors (Lipinski definition) is 5. The molecule has 0 bridgehead atoms. The second-order valence-electron chi connectivity index (χ2n) is 5.48. The Morgan fingerprint density at radius 2 is 1.48 bits per heavy atom. The van der Waals surface area contributed by atoms with E-state index in [0.717, 1.165) is 0 Å². The summed E-state index contributed by atoms with van der Waals surface area (Å²) in [5.74, 6) is -1.70. The number of benzene rings is 2. The summed E-state index contributed by atoms with van der Waals surface area (Å²) in [5.41, 5.74) is 1.17. The van der Waals surface area contributed by atoms with Gasteiger partial charge in [-0.3, -0.25) is 14.4 Å². The van der Waals surface area contributed by atoms with Crippen molar-refractivity contribution in [2.24, 2.45) is 0 Å². The van der Waals surface area contributed by atoms with E-state index in [-0.39, 0.29) is 33.8 Å². The summed E-state index contributed by atoms with van der Waals surface area (Å²) in [6.07, 6.45) is 0. The lowest BCUT2D eigenvalue weighted by Crippen LogP contribution is -2.23. The lowest BCUT2D eigenvalue weighted by Gasteiger charge is -2.23. The number of rotatable bonds is 1. The number of carbonyl (C=O) groups is 3. The first-order valence-electron chi connectivity index (χ1n) is 7.07. The van der Waals surface area contributed by atoms with E-state index >= 15 is 0 Å². The topological polar surface area (TPSA) is 80.7 Å². The van der Waals surface area contributed by atoms with Gasteiger partial charge in [0, 0.05) is 18.1 Å². The van der Waals surface area contributed by atoms with Gasteiger partial charge in [0.25, 0.3) is 0 Å². The van der Waals surface area contributed by atoms with Crippen LogP contribution in [-0.2, 0) is 4.79 Å². The standard InChI is InChI=1S/C18H14O5/c1-8-9(2)18(23-10(3)19)14-13(15(8)20)16(21)11-6-4-5-7-12(11)17(14)22/h4-7,20H,1-3H3. The third kappa shape index (κ3) is 2.04. The maximum absolute atomic E-state index is 12.8. The Bertz CT molecular complexity index is 893. The number of fused-ring (bicyclic) bond motifs is 2. The summed E-state index contributed by atoms with van der Waals surface area (Å²) in [6.45, 7) is 4.46. The highest BCUT2D eigenvalue weighted by atomic mass is 16.5. The minimum Gasteiger partial charge on any atom is -0.507 e. The van der Waals surface area contributed by atoms with E-state index in [2.05, 4.69) is 0 Å². The first-order chi connectivity index (χ1) is 10.8. The van der Waals surface area contributed by atoms with Crippen molar-refractivity contribution in [3.63, 3.8) is 0 Å². The van der Waals surface area contributed by atoms with Gasteiger partial charge in [0.05, 0.1) is 11.1 Å². The first-order valence-corrected chi connectivity index (χ1v) is 7.07. The molecule has 116 valence electrons. The summed E-state index contributed by atoms with van der Waals surface area (Å²) >= 11 is 0. The molecule has 0 atom stereocenters. The number of ketones is 2. The van der Waals surface area contributed by atoms with Gasteiger partial charge < -0.3 is 9.84 Å². The smallest absolute Gasteiger partial charge is 0.308 e. The zero-order valence-electron chi connectivity index (χ0n) is 12.9. The van der Waals surface area contributed by atoms with E-state index in [1.54, 1.807) is 38.1 Å². The molecule has 23 heavy (non-hydrogen) atoms. The number of esters is 1. The van der Waals surface area contributed by atoms with Crippen LogP contribution in [0.15, 0.2) is 24.3 Å². The van der Waals surface area contributed by atoms with E-state index in [4.69, 9.17) is 4.74 Å². The van der Waals surface area contributed by atoms with Crippen molar-refractivity contribution < 1.29 is 24.2 Å². The van der Waals surface area contributed by atoms with Crippen LogP contribution in [0.3, 0.4) is 0 Å². The molecule has 1 aliphatic rings. The summed E-state index contributed by atoms with van der Waals surface area (Å²) in [6, 6.07) is 6.39. The van der Waals surface area contributed by atoms with Crippen LogP contribution in [0.2, 0.25) is 0 Å². The molecule has 2 aromatic rings. The summed E-state index contributed by atoms with van der Waals surface area (Å²) < 4.78 is 5.19. The fourth-order valence-corrected chi connectivity index (χ4v) is 2.81. The van der Waals surface area contributed by atoms with Crippen molar-refractivity contribution in [3.05, 3.63) is 57.6 Å². The number of phenols is 1. The van der Waals surface area contributed by atoms with Crippen LogP contribution in [-0.4, -0.2) is 22.6 Å². The predicted octanol–water partition coefficient (Wildman–Crippen LogP) is 2.71. The number of ether oxygens (including phenoxy) is 1. The molecule has 3 rings (SSSR count). The molecule has 5 nitrogen and oxygen atoms in total. The fourth-order valence-electron chi connectivity index (χ4n) is 2.81. The molecular weight excluding hydrogens is 296 g/mol. The predicted molar refractivity (Wildman–Crippen MR) is 82.2 cm³/mol. The van der Waals surface area contributed by atoms with E-state index < -0.39 is 17.5 Å². The number of aromatic hydroxyl groups is 1. The van der Waals surface area contributed by atoms with Gasteiger partial charge in [-0.25, -0.2) is 0 Å². The molecule has 1 N–H and O–H groups in total. The van der Waals surface area contributed by atoms with Crippen LogP contribution in [0.1, 0.15) is 49.9 Å². The van der Waals surface area contributed by atoms with Crippen molar-refractivity contribution in [1.29, 1.82) is 0 Å². The molecule has 0 saturated carbocycles. The third-order valence-electron chi connectivity index (χ3n) is 4.09. The van der Waals surface area contributed by atoms with Gasteiger partial charge in [0.2, 0.25) is 0 Å². The van der Waals surface area contributed by atoms with Gasteiger partial charge >= 0.3 is 5.97 Å². The lowest BCUT2D eigenvalue weighted by molar-refractivity contribution is -0.131. The van der Waals surface area contributed by atoms with E-state index in [1.165, 1.54) is 6.92 Å². The van der Waals surface area contributed by atoms with Gasteiger partial charge in [-0.15, -0.1) is 0 Å². The van der Waals surface area contributed by atoms with Crippen LogP contribution < -0.4 is 4.74 Å². The maximum atomic E-state index is 12.8. The summed E-state index contributed by atoms with van der Waals surface area (Å²) in [5, 5.41) is 10.4. The fraction of sp³-hybridized carbons (Fsp3) is 0.167. The summed E-state index contributed by atoms with van der Waals surface area (Å²) in [7, 11) is 0. The van der Waals surface area contributed by atoms with E-state index in [9.17, 15) is 19.5 Å². The van der Waals surface area contributed by atoms with Crippen LogP contribution >= 0.6 is 0 Å². The molecule has 2 aromatic carbocycles. The van der Waals surface area contributed by atoms with Crippen LogP contribution in [0.4, 0.5) is 0 Å². The zero-order valence-corrected chi connectivity index (χ0v) is 12.9. The summed E-state index contributed by atoms with van der Waals surface area (Å²) in [4.78, 5) is 36.9. The highest BCUT2D eigenvalue weighted by Gasteiger charge is 2.37. The molecule has 0 fully saturated rings. The van der Waals surface area contributed by atoms with Crippen LogP contribution in [0, 0.1) is 13.8 Å². The molecule has 0 amide bonds. The van der Waals surface area contributed by atoms with Gasteiger partial charge in [0.15, 0.2) is 11.6 Å². The average Bonchev–Trinajstić information content (AvgIpc) is 2.52. The van der Waals surface area contributed by atoms with E-state index in [1.807, 2.05) is 0 Å². The van der Waals surface area contributed by atoms with Crippen LogP contribution in [0.25, 0.3) is 0 Å². The Balaban J connectivity index is 2.42. The van der Waals surface area contributed by atoms with Gasteiger partial charge in [0.1, 0.15) is 11.5 Å². The molecule has 0 unspecified atom stereocenters. The monoisotopic (exact) mass is 310 g/mol. The normalized spacial score (nSPS) is 12.7. The Hall–Kier alpha value is -2.95. The third-order valence-corrected chi connectivity index (χ3v) is 4.09. The number of hydrogen-bond donors (Lipinski definition) is 1. The Morgan fingerprint density at radius 1 is 0.957 bits per heavy atom. The molecule has 0 spiro atoms. The van der Waals surface area contributed by atoms with E-state index in [0.29, 0.717) is 11.1 Å². The van der Waals surface area contributed by atoms with Crippen molar-refractivity contribution in [2.75, 3.05) is 0 Å². The SMILES string of the molecule is CC(=O)Oc1c(C)c(C)c(O)c2c1C(=O)c1ccccc1C2=O. The Kier molecular flexibility index (Phi) is 3.29. The minimum atomic E-state index is -0.598. The van der Waals surface area contributed by atoms with Gasteiger partial charge in [-0.1, -0.05) is 24.3 Å². The maximum Gasteiger partial charge on any atom is 0.308 e. The molecule has 0 heterocycles. The Morgan fingerprint density at radius 3 is 2.00 bits per heavy atom. The average molecular weight is 310 g/mol. The van der Waals surface area contributed by atoms with Crippen LogP contribution in [0.5, 0.6) is 11.5 Å². The second-order valence-corrected chi connectivity index (χ2v) is 5.48. The minimum absolute atomic E-state index is 0.0376. The first kappa shape index (κ1) is 15.0. The zero-order chi connectivity index (χ0) is 16.9. The highest BCUT2D eigenvalue weighted by molar-refractivity contribution is 6.30. The molecule has 1 aliphatic carbocycles. The molecule has 0 aliphatic heterocycles. The molecule has 0 saturated heterocycles. The van der Waals surface area contributed by atoms with Gasteiger partial charge in [-0.2, -0.15) is 0 Å². The second kappa shape index (κ2) is 5.05. The van der Waals surface area contributed by atoms with Crippen molar-refractivity contribution >= 4 is 17.5 Å². The number of carbonyl (C=O) groups excluding carboxylic acids is 3. The van der Waals surface area contributed by atoms with Crippen molar-refractivity contribution in [3.8, 4) is 11.5 Å². The molecule has 5 heteroatoms. The highest BCUT2D eigenvalue weighted by Crippen LogP contribution is 2.42. The number of phenolic OH excluding ortho intramolecular Hbond substituents is 1. The quantitative estimate of drug-likeness (QED) is 0.552. The van der Waals surface area contributed by atoms with Gasteiger partial charge in [-0.05, 0) is 25.0 Å². The molecular formula is C18H14O5. The molecule has 0 aromatic heterocycles.